The monoisotopic (exact) mass is 256 g/mol. The summed E-state index contributed by atoms with van der Waals surface area (Å²) >= 11 is 0. The number of rotatable bonds is 4. The number of likely N-dealkylation sites (tertiary alicyclic amines) is 1. The van der Waals surface area contributed by atoms with Gasteiger partial charge in [-0.1, -0.05) is 0 Å². The lowest BCUT2D eigenvalue weighted by Gasteiger charge is -2.50. The van der Waals surface area contributed by atoms with Crippen molar-refractivity contribution in [3.8, 4) is 0 Å². The molecule has 18 heavy (non-hydrogen) atoms. The van der Waals surface area contributed by atoms with Crippen molar-refractivity contribution < 1.29 is 9.47 Å². The van der Waals surface area contributed by atoms with Crippen molar-refractivity contribution in [2.24, 2.45) is 5.73 Å². The van der Waals surface area contributed by atoms with E-state index < -0.39 is 0 Å². The average molecular weight is 256 g/mol. The van der Waals surface area contributed by atoms with Crippen LogP contribution in [0.4, 0.5) is 0 Å². The molecule has 2 rings (SSSR count). The Balaban J connectivity index is 1.93. The Morgan fingerprint density at radius 2 is 2.11 bits per heavy atom. The predicted molar refractivity (Wildman–Crippen MR) is 72.7 cm³/mol. The minimum absolute atomic E-state index is 0.175. The van der Waals surface area contributed by atoms with Crippen molar-refractivity contribution in [3.63, 3.8) is 0 Å². The molecule has 0 amide bonds. The molecular formula is C14H28N2O2. The third-order valence-electron chi connectivity index (χ3n) is 4.53. The molecule has 0 aromatic carbocycles. The summed E-state index contributed by atoms with van der Waals surface area (Å²) in [6.45, 7) is 8.91. The van der Waals surface area contributed by atoms with E-state index >= 15 is 0 Å². The first-order valence-corrected chi connectivity index (χ1v) is 7.38. The van der Waals surface area contributed by atoms with E-state index in [1.165, 1.54) is 0 Å². The zero-order chi connectivity index (χ0) is 13.0. The van der Waals surface area contributed by atoms with Crippen LogP contribution in [0, 0.1) is 0 Å². The summed E-state index contributed by atoms with van der Waals surface area (Å²) < 4.78 is 11.4. The lowest BCUT2D eigenvalue weighted by atomic mass is 9.83. The van der Waals surface area contributed by atoms with Crippen molar-refractivity contribution in [1.29, 1.82) is 0 Å². The summed E-state index contributed by atoms with van der Waals surface area (Å²) in [7, 11) is 0. The van der Waals surface area contributed by atoms with E-state index in [0.29, 0.717) is 12.2 Å². The fraction of sp³-hybridized carbons (Fsp3) is 1.00. The Bertz CT molecular complexity index is 254. The van der Waals surface area contributed by atoms with Crippen LogP contribution in [-0.2, 0) is 9.47 Å². The van der Waals surface area contributed by atoms with Gasteiger partial charge in [0.1, 0.15) is 0 Å². The maximum atomic E-state index is 6.10. The van der Waals surface area contributed by atoms with Crippen molar-refractivity contribution in [1.82, 2.24) is 4.90 Å². The van der Waals surface area contributed by atoms with Gasteiger partial charge in [0.15, 0.2) is 0 Å². The van der Waals surface area contributed by atoms with Gasteiger partial charge in [0.2, 0.25) is 0 Å². The molecule has 0 saturated carbocycles. The van der Waals surface area contributed by atoms with Gasteiger partial charge < -0.3 is 15.2 Å². The second kappa shape index (κ2) is 6.33. The molecule has 2 heterocycles. The molecule has 4 nitrogen and oxygen atoms in total. The maximum Gasteiger partial charge on any atom is 0.0599 e. The molecule has 0 aromatic rings. The fourth-order valence-corrected chi connectivity index (χ4v) is 3.48. The number of hydrogen-bond acceptors (Lipinski definition) is 4. The van der Waals surface area contributed by atoms with Crippen LogP contribution >= 0.6 is 0 Å². The Hall–Kier alpha value is -0.160. The minimum atomic E-state index is 0.175. The summed E-state index contributed by atoms with van der Waals surface area (Å²) in [5.41, 5.74) is 6.27. The first kappa shape index (κ1) is 14.3. The molecule has 0 spiro atoms. The molecular weight excluding hydrogens is 228 g/mol. The predicted octanol–water partition coefficient (Wildman–Crippen LogP) is 1.38. The van der Waals surface area contributed by atoms with Crippen LogP contribution in [0.1, 0.15) is 39.5 Å². The standard InChI is InChI=1S/C14H28N2O2/c1-3-17-13-4-7-16(8-5-13)14(11-15)6-9-18-12(2)10-14/h12-13H,3-11,15H2,1-2H3. The maximum absolute atomic E-state index is 6.10. The Morgan fingerprint density at radius 1 is 1.39 bits per heavy atom. The molecule has 2 saturated heterocycles. The van der Waals surface area contributed by atoms with Gasteiger partial charge in [-0.25, -0.2) is 0 Å². The van der Waals surface area contributed by atoms with E-state index in [4.69, 9.17) is 15.2 Å². The number of ether oxygens (including phenoxy) is 2. The second-order valence-electron chi connectivity index (χ2n) is 5.71. The van der Waals surface area contributed by atoms with Crippen LogP contribution in [-0.4, -0.2) is 55.5 Å². The summed E-state index contributed by atoms with van der Waals surface area (Å²) in [6, 6.07) is 0. The van der Waals surface area contributed by atoms with Crippen LogP contribution in [0.15, 0.2) is 0 Å². The number of piperidine rings is 1. The van der Waals surface area contributed by atoms with E-state index in [2.05, 4.69) is 18.7 Å². The van der Waals surface area contributed by atoms with Gasteiger partial charge in [-0.15, -0.1) is 0 Å². The van der Waals surface area contributed by atoms with Crippen LogP contribution in [0.2, 0.25) is 0 Å². The van der Waals surface area contributed by atoms with E-state index in [9.17, 15) is 0 Å². The topological polar surface area (TPSA) is 47.7 Å². The van der Waals surface area contributed by atoms with Crippen molar-refractivity contribution in [2.45, 2.75) is 57.3 Å². The molecule has 4 heteroatoms. The van der Waals surface area contributed by atoms with Gasteiger partial charge in [0.05, 0.1) is 12.2 Å². The zero-order valence-electron chi connectivity index (χ0n) is 11.9. The quantitative estimate of drug-likeness (QED) is 0.825. The highest BCUT2D eigenvalue weighted by atomic mass is 16.5. The Labute approximate surface area is 111 Å². The van der Waals surface area contributed by atoms with Crippen molar-refractivity contribution in [3.05, 3.63) is 0 Å². The van der Waals surface area contributed by atoms with Gasteiger partial charge in [0, 0.05) is 38.4 Å². The van der Waals surface area contributed by atoms with Gasteiger partial charge in [0.25, 0.3) is 0 Å². The second-order valence-corrected chi connectivity index (χ2v) is 5.71. The number of nitrogens with two attached hydrogens (primary N) is 1. The summed E-state index contributed by atoms with van der Waals surface area (Å²) in [5, 5.41) is 0. The molecule has 2 unspecified atom stereocenters. The summed E-state index contributed by atoms with van der Waals surface area (Å²) in [4.78, 5) is 2.60. The first-order valence-electron chi connectivity index (χ1n) is 7.38. The molecule has 0 bridgehead atoms. The van der Waals surface area contributed by atoms with Crippen LogP contribution in [0.3, 0.4) is 0 Å². The van der Waals surface area contributed by atoms with Crippen molar-refractivity contribution in [2.75, 3.05) is 32.8 Å². The highest BCUT2D eigenvalue weighted by molar-refractivity contribution is 4.97. The normalized spacial score (nSPS) is 35.8. The third-order valence-corrected chi connectivity index (χ3v) is 4.53. The number of nitrogens with zero attached hydrogens (tertiary/aromatic N) is 1. The Morgan fingerprint density at radius 3 is 2.67 bits per heavy atom. The molecule has 0 aromatic heterocycles. The van der Waals surface area contributed by atoms with Gasteiger partial charge >= 0.3 is 0 Å². The fourth-order valence-electron chi connectivity index (χ4n) is 3.48. The smallest absolute Gasteiger partial charge is 0.0599 e. The summed E-state index contributed by atoms with van der Waals surface area (Å²) in [5.74, 6) is 0. The van der Waals surface area contributed by atoms with Crippen LogP contribution in [0.5, 0.6) is 0 Å². The van der Waals surface area contributed by atoms with Crippen molar-refractivity contribution >= 4 is 0 Å². The Kier molecular flexibility index (Phi) is 5.01. The zero-order valence-corrected chi connectivity index (χ0v) is 11.9. The molecule has 0 aliphatic carbocycles. The lowest BCUT2D eigenvalue weighted by molar-refractivity contribution is -0.0841. The van der Waals surface area contributed by atoms with E-state index in [1.54, 1.807) is 0 Å². The van der Waals surface area contributed by atoms with E-state index in [0.717, 1.165) is 58.5 Å². The van der Waals surface area contributed by atoms with Crippen LogP contribution < -0.4 is 5.73 Å². The molecule has 2 fully saturated rings. The highest BCUT2D eigenvalue weighted by Crippen LogP contribution is 2.32. The van der Waals surface area contributed by atoms with Gasteiger partial charge in [-0.3, -0.25) is 4.90 Å². The highest BCUT2D eigenvalue weighted by Gasteiger charge is 2.41. The van der Waals surface area contributed by atoms with E-state index in [-0.39, 0.29) is 5.54 Å². The van der Waals surface area contributed by atoms with Gasteiger partial charge in [-0.2, -0.15) is 0 Å². The first-order chi connectivity index (χ1) is 8.70. The third kappa shape index (κ3) is 3.05. The lowest BCUT2D eigenvalue weighted by Crippen LogP contribution is -2.60. The van der Waals surface area contributed by atoms with E-state index in [1.807, 2.05) is 0 Å². The molecule has 2 N–H and O–H groups in total. The molecule has 2 aliphatic rings. The number of hydrogen-bond donors (Lipinski definition) is 1. The summed E-state index contributed by atoms with van der Waals surface area (Å²) in [6.07, 6.45) is 5.23. The average Bonchev–Trinajstić information content (AvgIpc) is 2.40. The van der Waals surface area contributed by atoms with Gasteiger partial charge in [-0.05, 0) is 39.5 Å². The molecule has 0 radical (unpaired) electrons. The molecule has 106 valence electrons. The molecule has 2 atom stereocenters. The minimum Gasteiger partial charge on any atom is -0.378 e. The van der Waals surface area contributed by atoms with Crippen LogP contribution in [0.25, 0.3) is 0 Å². The molecule has 2 aliphatic heterocycles. The SMILES string of the molecule is CCOC1CCN(C2(CN)CCOC(C)C2)CC1. The largest absolute Gasteiger partial charge is 0.378 e.